The van der Waals surface area contributed by atoms with Gasteiger partial charge < -0.3 is 5.73 Å². The van der Waals surface area contributed by atoms with Crippen LogP contribution in [0.2, 0.25) is 0 Å². The molecule has 0 unspecified atom stereocenters. The van der Waals surface area contributed by atoms with Crippen LogP contribution in [0.15, 0.2) is 55.0 Å². The summed E-state index contributed by atoms with van der Waals surface area (Å²) >= 11 is 1.59. The maximum atomic E-state index is 5.74. The van der Waals surface area contributed by atoms with E-state index in [0.29, 0.717) is 12.4 Å². The zero-order valence-electron chi connectivity index (χ0n) is 15.1. The molecular formula is C20H17N7S. The molecule has 0 fully saturated rings. The molecule has 4 aromatic heterocycles. The Morgan fingerprint density at radius 3 is 2.75 bits per heavy atom. The Labute approximate surface area is 164 Å². The Morgan fingerprint density at radius 1 is 1.14 bits per heavy atom. The number of nitrogens with one attached hydrogen (secondary N) is 1. The average molecular weight is 387 g/mol. The van der Waals surface area contributed by atoms with E-state index in [0.717, 1.165) is 43.5 Å². The summed E-state index contributed by atoms with van der Waals surface area (Å²) in [5.41, 5.74) is 11.7. The molecule has 0 aliphatic carbocycles. The Bertz CT molecular complexity index is 1250. The quantitative estimate of drug-likeness (QED) is 0.490. The summed E-state index contributed by atoms with van der Waals surface area (Å²) in [6, 6.07) is 14.2. The van der Waals surface area contributed by atoms with Gasteiger partial charge in [0.2, 0.25) is 0 Å². The molecule has 0 spiro atoms. The van der Waals surface area contributed by atoms with E-state index in [9.17, 15) is 0 Å². The van der Waals surface area contributed by atoms with Gasteiger partial charge in [0.15, 0.2) is 5.82 Å². The molecule has 0 saturated heterocycles. The van der Waals surface area contributed by atoms with Gasteiger partial charge in [-0.2, -0.15) is 10.2 Å². The van der Waals surface area contributed by atoms with E-state index < -0.39 is 0 Å². The highest BCUT2D eigenvalue weighted by molar-refractivity contribution is 7.19. The van der Waals surface area contributed by atoms with Crippen molar-refractivity contribution in [2.75, 3.05) is 0 Å². The molecule has 0 aliphatic rings. The minimum atomic E-state index is 0.513. The van der Waals surface area contributed by atoms with E-state index in [4.69, 9.17) is 10.7 Å². The highest BCUT2D eigenvalue weighted by atomic mass is 32.1. The normalized spacial score (nSPS) is 11.4. The van der Waals surface area contributed by atoms with Gasteiger partial charge >= 0.3 is 0 Å². The van der Waals surface area contributed by atoms with Crippen molar-refractivity contribution in [3.05, 3.63) is 66.2 Å². The van der Waals surface area contributed by atoms with Gasteiger partial charge in [0, 0.05) is 18.3 Å². The summed E-state index contributed by atoms with van der Waals surface area (Å²) in [5, 5.41) is 12.5. The third-order valence-corrected chi connectivity index (χ3v) is 5.73. The van der Waals surface area contributed by atoms with Crippen LogP contribution >= 0.6 is 11.3 Å². The number of pyridine rings is 1. The molecule has 0 atom stereocenters. The Kier molecular flexibility index (Phi) is 4.00. The largest absolute Gasteiger partial charge is 0.326 e. The zero-order chi connectivity index (χ0) is 19.1. The van der Waals surface area contributed by atoms with Crippen molar-refractivity contribution in [3.63, 3.8) is 0 Å². The lowest BCUT2D eigenvalue weighted by Crippen LogP contribution is -1.95. The molecule has 8 heteroatoms. The molecule has 5 aromatic rings. The molecule has 7 nitrogen and oxygen atoms in total. The number of fused-ring (bicyclic) bond motifs is 1. The van der Waals surface area contributed by atoms with Crippen molar-refractivity contribution in [1.82, 2.24) is 29.8 Å². The van der Waals surface area contributed by atoms with Crippen LogP contribution in [0, 0.1) is 6.92 Å². The van der Waals surface area contributed by atoms with Crippen LogP contribution in [0.1, 0.15) is 11.3 Å². The molecule has 1 aromatic carbocycles. The highest BCUT2D eigenvalue weighted by Gasteiger charge is 2.21. The Morgan fingerprint density at radius 2 is 2.00 bits per heavy atom. The number of rotatable bonds is 4. The molecular weight excluding hydrogens is 370 g/mol. The predicted molar refractivity (Wildman–Crippen MR) is 110 cm³/mol. The molecule has 28 heavy (non-hydrogen) atoms. The number of H-pyrrole nitrogens is 1. The molecule has 138 valence electrons. The minimum absolute atomic E-state index is 0.513. The third-order valence-electron chi connectivity index (χ3n) is 4.65. The number of thiazole rings is 1. The van der Waals surface area contributed by atoms with Crippen molar-refractivity contribution in [2.45, 2.75) is 13.5 Å². The standard InChI is InChI=1S/C20H17N7S/c1-12-16(15-4-2-3-9-27(15)26-12)20-24-17(14-7-5-13(10-21)6-8-14)18(28-20)19-22-11-23-25-19/h2-9,11H,10,21H2,1H3,(H,22,23,25). The van der Waals surface area contributed by atoms with E-state index in [1.54, 1.807) is 11.3 Å². The first-order valence-electron chi connectivity index (χ1n) is 8.85. The minimum Gasteiger partial charge on any atom is -0.326 e. The van der Waals surface area contributed by atoms with Crippen LogP contribution in [0.5, 0.6) is 0 Å². The van der Waals surface area contributed by atoms with Crippen LogP contribution in [-0.4, -0.2) is 29.8 Å². The number of benzene rings is 1. The Hall–Kier alpha value is -3.36. The molecule has 0 radical (unpaired) electrons. The van der Waals surface area contributed by atoms with Crippen LogP contribution in [0.4, 0.5) is 0 Å². The van der Waals surface area contributed by atoms with Crippen LogP contribution in [0.3, 0.4) is 0 Å². The first kappa shape index (κ1) is 16.8. The molecule has 4 heterocycles. The van der Waals surface area contributed by atoms with E-state index in [1.165, 1.54) is 6.33 Å². The van der Waals surface area contributed by atoms with Gasteiger partial charge in [0.25, 0.3) is 0 Å². The average Bonchev–Trinajstić information content (AvgIpc) is 3.45. The summed E-state index contributed by atoms with van der Waals surface area (Å²) < 4.78 is 1.88. The fourth-order valence-electron chi connectivity index (χ4n) is 3.28. The van der Waals surface area contributed by atoms with Crippen LogP contribution in [-0.2, 0) is 6.54 Å². The van der Waals surface area contributed by atoms with Crippen LogP contribution in [0.25, 0.3) is 38.0 Å². The fourth-order valence-corrected chi connectivity index (χ4v) is 4.42. The number of nitrogens with zero attached hydrogens (tertiary/aromatic N) is 5. The van der Waals surface area contributed by atoms with E-state index >= 15 is 0 Å². The highest BCUT2D eigenvalue weighted by Crippen LogP contribution is 2.41. The first-order chi connectivity index (χ1) is 13.7. The summed E-state index contributed by atoms with van der Waals surface area (Å²) in [7, 11) is 0. The second-order valence-electron chi connectivity index (χ2n) is 6.42. The van der Waals surface area contributed by atoms with Crippen molar-refractivity contribution in [2.24, 2.45) is 5.73 Å². The number of aromatic nitrogens is 6. The molecule has 0 bridgehead atoms. The van der Waals surface area contributed by atoms with Crippen molar-refractivity contribution >= 4 is 16.9 Å². The van der Waals surface area contributed by atoms with Crippen LogP contribution < -0.4 is 5.73 Å². The van der Waals surface area contributed by atoms with Gasteiger partial charge in [-0.05, 0) is 24.6 Å². The van der Waals surface area contributed by atoms with Gasteiger partial charge in [-0.15, -0.1) is 11.3 Å². The SMILES string of the molecule is Cc1nn2ccccc2c1-c1nc(-c2ccc(CN)cc2)c(-c2ncn[nH]2)s1. The molecule has 0 amide bonds. The third kappa shape index (κ3) is 2.70. The maximum Gasteiger partial charge on any atom is 0.167 e. The molecule has 0 aliphatic heterocycles. The summed E-state index contributed by atoms with van der Waals surface area (Å²) in [6.45, 7) is 2.52. The lowest BCUT2D eigenvalue weighted by molar-refractivity contribution is 0.934. The second kappa shape index (κ2) is 6.66. The van der Waals surface area contributed by atoms with E-state index in [-0.39, 0.29) is 0 Å². The van der Waals surface area contributed by atoms with Gasteiger partial charge in [-0.1, -0.05) is 30.3 Å². The lowest BCUT2D eigenvalue weighted by Gasteiger charge is -2.02. The number of aromatic amines is 1. The van der Waals surface area contributed by atoms with Crippen molar-refractivity contribution in [1.29, 1.82) is 0 Å². The zero-order valence-corrected chi connectivity index (χ0v) is 15.9. The van der Waals surface area contributed by atoms with Gasteiger partial charge in [0.05, 0.1) is 27.3 Å². The topological polar surface area (TPSA) is 97.8 Å². The Balaban J connectivity index is 1.73. The molecule has 3 N–H and O–H groups in total. The number of hydrogen-bond acceptors (Lipinski definition) is 6. The monoisotopic (exact) mass is 387 g/mol. The molecule has 0 saturated carbocycles. The fraction of sp³-hybridized carbons (Fsp3) is 0.100. The summed E-state index contributed by atoms with van der Waals surface area (Å²) in [6.07, 6.45) is 3.46. The lowest BCUT2D eigenvalue weighted by atomic mass is 10.1. The maximum absolute atomic E-state index is 5.74. The van der Waals surface area contributed by atoms with Crippen molar-refractivity contribution in [3.8, 4) is 32.5 Å². The smallest absolute Gasteiger partial charge is 0.167 e. The first-order valence-corrected chi connectivity index (χ1v) is 9.66. The molecule has 5 rings (SSSR count). The summed E-state index contributed by atoms with van der Waals surface area (Å²) in [4.78, 5) is 10.3. The number of aryl methyl sites for hydroxylation is 1. The van der Waals surface area contributed by atoms with Gasteiger partial charge in [0.1, 0.15) is 11.3 Å². The van der Waals surface area contributed by atoms with Gasteiger partial charge in [-0.25, -0.2) is 14.5 Å². The summed E-state index contributed by atoms with van der Waals surface area (Å²) in [5.74, 6) is 0.704. The van der Waals surface area contributed by atoms with Gasteiger partial charge in [-0.3, -0.25) is 5.10 Å². The predicted octanol–water partition coefficient (Wildman–Crippen LogP) is 3.68. The van der Waals surface area contributed by atoms with Crippen molar-refractivity contribution < 1.29 is 0 Å². The van der Waals surface area contributed by atoms with E-state index in [2.05, 4.69) is 26.3 Å². The van der Waals surface area contributed by atoms with E-state index in [1.807, 2.05) is 54.0 Å². The second-order valence-corrected chi connectivity index (χ2v) is 7.42. The number of hydrogen-bond donors (Lipinski definition) is 2. The number of nitrogens with two attached hydrogens (primary N) is 1.